The zero-order valence-electron chi connectivity index (χ0n) is 37.2. The number of guanidine groups is 1. The van der Waals surface area contributed by atoms with Gasteiger partial charge >= 0.3 is 0 Å². The van der Waals surface area contributed by atoms with Crippen LogP contribution in [0.1, 0.15) is 156 Å². The van der Waals surface area contributed by atoms with Crippen molar-refractivity contribution in [3.8, 4) is 0 Å². The lowest BCUT2D eigenvalue weighted by molar-refractivity contribution is -0.136. The van der Waals surface area contributed by atoms with Crippen molar-refractivity contribution in [1.82, 2.24) is 16.0 Å². The third-order valence-corrected chi connectivity index (χ3v) is 11.0. The maximum absolute atomic E-state index is 14.1. The Morgan fingerprint density at radius 1 is 0.700 bits per heavy atom. The molecule has 0 aromatic heterocycles. The molecule has 0 aliphatic heterocycles. The number of hydrogen-bond donors (Lipinski definition) is 7. The Labute approximate surface area is 359 Å². The number of carbonyl (C=O) groups is 6. The number of amides is 3. The quantitative estimate of drug-likeness (QED) is 0.0274. The van der Waals surface area contributed by atoms with Crippen LogP contribution in [0.4, 0.5) is 0 Å². The zero-order valence-corrected chi connectivity index (χ0v) is 37.2. The largest absolute Gasteiger partial charge is 0.394 e. The van der Waals surface area contributed by atoms with Gasteiger partial charge in [0.15, 0.2) is 23.3 Å². The highest BCUT2D eigenvalue weighted by Crippen LogP contribution is 2.21. The van der Waals surface area contributed by atoms with Crippen LogP contribution in [0.5, 0.6) is 0 Å². The van der Waals surface area contributed by atoms with E-state index in [0.29, 0.717) is 12.8 Å². The number of hydrogen-bond acceptors (Lipinski definition) is 9. The molecule has 1 aromatic rings. The first kappa shape index (κ1) is 53.8. The minimum Gasteiger partial charge on any atom is -0.394 e. The van der Waals surface area contributed by atoms with Gasteiger partial charge in [0.1, 0.15) is 12.1 Å². The van der Waals surface area contributed by atoms with E-state index in [1.807, 2.05) is 18.2 Å². The number of aliphatic hydroxyl groups excluding tert-OH is 2. The third-order valence-electron chi connectivity index (χ3n) is 11.0. The second kappa shape index (κ2) is 31.7. The number of unbranched alkanes of at least 4 members (excludes halogenated alkanes) is 12. The third kappa shape index (κ3) is 23.6. The van der Waals surface area contributed by atoms with Crippen LogP contribution >= 0.6 is 0 Å². The van der Waals surface area contributed by atoms with Crippen LogP contribution in [-0.4, -0.2) is 88.6 Å². The number of aliphatic hydroxyl groups is 2. The van der Waals surface area contributed by atoms with Crippen molar-refractivity contribution < 1.29 is 39.0 Å². The molecule has 0 unspecified atom stereocenters. The monoisotopic (exact) mass is 843 g/mol. The van der Waals surface area contributed by atoms with Crippen LogP contribution in [0.25, 0.3) is 0 Å². The standard InChI is InChI=1S/C46H78N6O8/c1-6-7-8-9-10-11-12-13-14-15-16-17-21-26-42(58)52-43(34(5)55)41(57)30-37(32(2)3)45(60)50-38(28-35-23-19-18-20-24-35)40(56)29-36(25-22-27-49-46(47)48)44(59)51-39(31-53)33(4)54/h18-20,23-24,32,34,36-39,43,53,55H,6-17,21-22,25-31H2,1-5H3,(H,50,60)(H,51,59)(H,52,58)(H4,47,48,49)/t34-,36-,37+,38+,39+,43+/m1/s1. The second-order valence-electron chi connectivity index (χ2n) is 16.7. The minimum absolute atomic E-state index is 0.102. The fourth-order valence-electron chi connectivity index (χ4n) is 7.19. The first-order chi connectivity index (χ1) is 28.6. The Hall–Kier alpha value is -4.17. The molecule has 14 heteroatoms. The number of nitrogens with one attached hydrogen (secondary N) is 3. The molecule has 0 bridgehead atoms. The Kier molecular flexibility index (Phi) is 28.4. The molecule has 0 radical (unpaired) electrons. The van der Waals surface area contributed by atoms with Crippen LogP contribution in [0.2, 0.25) is 0 Å². The van der Waals surface area contributed by atoms with E-state index in [1.165, 1.54) is 71.6 Å². The molecule has 0 saturated heterocycles. The predicted molar refractivity (Wildman–Crippen MR) is 237 cm³/mol. The molecule has 3 amide bonds. The summed E-state index contributed by atoms with van der Waals surface area (Å²) in [6, 6.07) is 5.60. The average Bonchev–Trinajstić information content (AvgIpc) is 3.20. The Bertz CT molecular complexity index is 1450. The van der Waals surface area contributed by atoms with Crippen molar-refractivity contribution in [2.45, 2.75) is 181 Å². The number of nitrogens with zero attached hydrogens (tertiary/aromatic N) is 1. The summed E-state index contributed by atoms with van der Waals surface area (Å²) in [4.78, 5) is 83.9. The summed E-state index contributed by atoms with van der Waals surface area (Å²) < 4.78 is 0. The molecule has 0 heterocycles. The molecule has 14 nitrogen and oxygen atoms in total. The SMILES string of the molecule is CCCCCCCCCCCCCCCC(=O)N[C@H](C(=O)C[C@H](C(=O)N[C@@H](Cc1ccccc1)C(=O)C[C@@H](CCCN=C(N)N)C(=O)N[C@@H](CO)C(C)=O)C(C)C)[C@@H](C)O. The van der Waals surface area contributed by atoms with Gasteiger partial charge in [0, 0.05) is 37.6 Å². The van der Waals surface area contributed by atoms with E-state index in [2.05, 4.69) is 27.9 Å². The maximum Gasteiger partial charge on any atom is 0.224 e. The molecule has 9 N–H and O–H groups in total. The summed E-state index contributed by atoms with van der Waals surface area (Å²) in [7, 11) is 0. The van der Waals surface area contributed by atoms with Gasteiger partial charge in [0.25, 0.3) is 0 Å². The number of aliphatic imine (C=N–C) groups is 1. The number of ketones is 3. The molecule has 6 atom stereocenters. The molecular formula is C46H78N6O8. The van der Waals surface area contributed by atoms with E-state index in [0.717, 1.165) is 24.8 Å². The number of benzene rings is 1. The molecular weight excluding hydrogens is 765 g/mol. The zero-order chi connectivity index (χ0) is 44.9. The summed E-state index contributed by atoms with van der Waals surface area (Å²) in [5.74, 6) is -5.21. The lowest BCUT2D eigenvalue weighted by atomic mass is 9.86. The van der Waals surface area contributed by atoms with E-state index in [9.17, 15) is 39.0 Å². The molecule has 0 spiro atoms. The van der Waals surface area contributed by atoms with E-state index in [-0.39, 0.29) is 56.4 Å². The van der Waals surface area contributed by atoms with E-state index >= 15 is 0 Å². The second-order valence-corrected chi connectivity index (χ2v) is 16.7. The van der Waals surface area contributed by atoms with Crippen LogP contribution < -0.4 is 27.4 Å². The first-order valence-electron chi connectivity index (χ1n) is 22.4. The average molecular weight is 843 g/mol. The Morgan fingerprint density at radius 3 is 1.75 bits per heavy atom. The van der Waals surface area contributed by atoms with Gasteiger partial charge in [-0.1, -0.05) is 128 Å². The molecule has 60 heavy (non-hydrogen) atoms. The lowest BCUT2D eigenvalue weighted by Gasteiger charge is -2.27. The van der Waals surface area contributed by atoms with Crippen LogP contribution in [0.15, 0.2) is 35.3 Å². The summed E-state index contributed by atoms with van der Waals surface area (Å²) in [5.41, 5.74) is 11.6. The molecule has 0 saturated carbocycles. The predicted octanol–water partition coefficient (Wildman–Crippen LogP) is 4.99. The summed E-state index contributed by atoms with van der Waals surface area (Å²) in [6.07, 6.45) is 14.4. The number of Topliss-reactive ketones (excluding diaryl/α,β-unsaturated/α-hetero) is 3. The summed E-state index contributed by atoms with van der Waals surface area (Å²) >= 11 is 0. The van der Waals surface area contributed by atoms with Gasteiger partial charge in [-0.3, -0.25) is 33.8 Å². The van der Waals surface area contributed by atoms with Crippen LogP contribution in [-0.2, 0) is 35.2 Å². The van der Waals surface area contributed by atoms with Crippen molar-refractivity contribution in [2.75, 3.05) is 13.2 Å². The molecule has 1 aromatic carbocycles. The van der Waals surface area contributed by atoms with Gasteiger partial charge in [0.2, 0.25) is 17.7 Å². The molecule has 1 rings (SSSR count). The Balaban J connectivity index is 2.97. The maximum atomic E-state index is 14.1. The number of nitrogens with two attached hydrogens (primary N) is 2. The molecule has 340 valence electrons. The normalized spacial score (nSPS) is 14.3. The summed E-state index contributed by atoms with van der Waals surface area (Å²) in [6.45, 7) is 8.03. The molecule has 0 fully saturated rings. The molecule has 0 aliphatic rings. The number of carbonyl (C=O) groups excluding carboxylic acids is 6. The van der Waals surface area contributed by atoms with Crippen molar-refractivity contribution in [3.05, 3.63) is 35.9 Å². The number of rotatable bonds is 35. The highest BCUT2D eigenvalue weighted by molar-refractivity contribution is 5.96. The lowest BCUT2D eigenvalue weighted by Crippen LogP contribution is -2.51. The van der Waals surface area contributed by atoms with Crippen molar-refractivity contribution in [1.29, 1.82) is 0 Å². The van der Waals surface area contributed by atoms with Crippen molar-refractivity contribution >= 4 is 41.0 Å². The van der Waals surface area contributed by atoms with Crippen LogP contribution in [0.3, 0.4) is 0 Å². The smallest absolute Gasteiger partial charge is 0.224 e. The van der Waals surface area contributed by atoms with E-state index in [4.69, 9.17) is 11.5 Å². The topological polar surface area (TPSA) is 243 Å². The first-order valence-corrected chi connectivity index (χ1v) is 22.4. The molecule has 0 aliphatic carbocycles. The van der Waals surface area contributed by atoms with Crippen molar-refractivity contribution in [3.63, 3.8) is 0 Å². The minimum atomic E-state index is -1.20. The van der Waals surface area contributed by atoms with E-state index < -0.39 is 71.8 Å². The van der Waals surface area contributed by atoms with Gasteiger partial charge in [-0.25, -0.2) is 0 Å². The van der Waals surface area contributed by atoms with Gasteiger partial charge < -0.3 is 37.6 Å². The van der Waals surface area contributed by atoms with Gasteiger partial charge in [-0.2, -0.15) is 0 Å². The highest BCUT2D eigenvalue weighted by Gasteiger charge is 2.35. The summed E-state index contributed by atoms with van der Waals surface area (Å²) in [5, 5.41) is 28.3. The van der Waals surface area contributed by atoms with Gasteiger partial charge in [-0.15, -0.1) is 0 Å². The van der Waals surface area contributed by atoms with Crippen molar-refractivity contribution in [2.24, 2.45) is 34.2 Å². The Morgan fingerprint density at radius 2 is 1.25 bits per heavy atom. The van der Waals surface area contributed by atoms with Crippen LogP contribution in [0, 0.1) is 17.8 Å². The fourth-order valence-corrected chi connectivity index (χ4v) is 7.19. The van der Waals surface area contributed by atoms with E-state index in [1.54, 1.807) is 26.0 Å². The van der Waals surface area contributed by atoms with Gasteiger partial charge in [-0.05, 0) is 51.0 Å². The highest BCUT2D eigenvalue weighted by atomic mass is 16.3. The fraction of sp³-hybridized carbons (Fsp3) is 0.717. The van der Waals surface area contributed by atoms with Gasteiger partial charge in [0.05, 0.1) is 18.8 Å².